The van der Waals surface area contributed by atoms with Crippen LogP contribution in [0.2, 0.25) is 0 Å². The van der Waals surface area contributed by atoms with Crippen molar-refractivity contribution in [3.05, 3.63) is 34.3 Å². The van der Waals surface area contributed by atoms with Crippen molar-refractivity contribution in [3.8, 4) is 0 Å². The topological polar surface area (TPSA) is 66.8 Å². The highest BCUT2D eigenvalue weighted by atomic mass is 79.9. The van der Waals surface area contributed by atoms with E-state index in [1.165, 1.54) is 4.90 Å². The number of cyclic esters (lactones) is 1. The molecule has 0 aromatic heterocycles. The molecule has 6 heteroatoms. The van der Waals surface area contributed by atoms with Gasteiger partial charge in [0, 0.05) is 11.0 Å². The number of hydrogen-bond acceptors (Lipinski definition) is 3. The summed E-state index contributed by atoms with van der Waals surface area (Å²) in [6.45, 7) is 0.433. The average molecular weight is 300 g/mol. The van der Waals surface area contributed by atoms with Crippen molar-refractivity contribution in [3.63, 3.8) is 0 Å². The van der Waals surface area contributed by atoms with Crippen LogP contribution in [0.25, 0.3) is 0 Å². The minimum absolute atomic E-state index is 0.0840. The Labute approximate surface area is 106 Å². The van der Waals surface area contributed by atoms with E-state index in [9.17, 15) is 9.59 Å². The van der Waals surface area contributed by atoms with Crippen molar-refractivity contribution in [2.75, 3.05) is 6.54 Å². The molecule has 1 aromatic carbocycles. The number of rotatable bonds is 3. The first-order chi connectivity index (χ1) is 8.06. The standard InChI is InChI=1S/C11H10BrNO4/c12-8-3-1-2-7(4-8)5-13-6-9(10(14)15)17-11(13)16/h1-4,9H,5-6H2,(H,14,15)/t9-/m1/s1. The maximum absolute atomic E-state index is 11.4. The zero-order valence-electron chi connectivity index (χ0n) is 8.80. The summed E-state index contributed by atoms with van der Waals surface area (Å²) in [6, 6.07) is 7.48. The number of carbonyl (C=O) groups excluding carboxylic acids is 1. The molecular weight excluding hydrogens is 290 g/mol. The van der Waals surface area contributed by atoms with Crippen molar-refractivity contribution in [1.29, 1.82) is 0 Å². The van der Waals surface area contributed by atoms with Gasteiger partial charge in [-0.25, -0.2) is 9.59 Å². The molecule has 1 saturated heterocycles. The van der Waals surface area contributed by atoms with E-state index >= 15 is 0 Å². The molecule has 0 unspecified atom stereocenters. The average Bonchev–Trinajstić information content (AvgIpc) is 2.61. The normalized spacial score (nSPS) is 19.2. The maximum Gasteiger partial charge on any atom is 0.411 e. The number of carbonyl (C=O) groups is 2. The van der Waals surface area contributed by atoms with Crippen LogP contribution < -0.4 is 0 Å². The lowest BCUT2D eigenvalue weighted by molar-refractivity contribution is -0.144. The van der Waals surface area contributed by atoms with E-state index in [1.54, 1.807) is 0 Å². The van der Waals surface area contributed by atoms with Crippen LogP contribution in [0.1, 0.15) is 5.56 Å². The van der Waals surface area contributed by atoms with Crippen LogP contribution in [-0.2, 0) is 16.1 Å². The molecule has 1 atom stereocenters. The number of carboxylic acids is 1. The molecule has 2 rings (SSSR count). The van der Waals surface area contributed by atoms with Gasteiger partial charge in [-0.15, -0.1) is 0 Å². The van der Waals surface area contributed by atoms with Crippen molar-refractivity contribution >= 4 is 28.0 Å². The summed E-state index contributed by atoms with van der Waals surface area (Å²) in [4.78, 5) is 23.5. The Bertz CT molecular complexity index is 463. The first-order valence-electron chi connectivity index (χ1n) is 4.99. The summed E-state index contributed by atoms with van der Waals surface area (Å²) in [6.07, 6.45) is -1.65. The monoisotopic (exact) mass is 299 g/mol. The Morgan fingerprint density at radius 1 is 1.59 bits per heavy atom. The second kappa shape index (κ2) is 4.75. The largest absolute Gasteiger partial charge is 0.478 e. The fourth-order valence-corrected chi connectivity index (χ4v) is 2.07. The van der Waals surface area contributed by atoms with Crippen LogP contribution in [0.5, 0.6) is 0 Å². The lowest BCUT2D eigenvalue weighted by Crippen LogP contribution is -2.27. The molecule has 0 bridgehead atoms. The van der Waals surface area contributed by atoms with Gasteiger partial charge in [-0.05, 0) is 17.7 Å². The van der Waals surface area contributed by atoms with E-state index in [0.717, 1.165) is 10.0 Å². The quantitative estimate of drug-likeness (QED) is 0.925. The van der Waals surface area contributed by atoms with E-state index < -0.39 is 18.2 Å². The molecule has 0 radical (unpaired) electrons. The Morgan fingerprint density at radius 2 is 2.35 bits per heavy atom. The van der Waals surface area contributed by atoms with Crippen LogP contribution >= 0.6 is 15.9 Å². The Hall–Kier alpha value is -1.56. The minimum atomic E-state index is -1.12. The van der Waals surface area contributed by atoms with Crippen LogP contribution in [0, 0.1) is 0 Å². The molecule has 1 aromatic rings. The summed E-state index contributed by atoms with van der Waals surface area (Å²) in [5, 5.41) is 8.75. The molecule has 1 aliphatic rings. The Balaban J connectivity index is 2.05. The molecule has 0 saturated carbocycles. The highest BCUT2D eigenvalue weighted by molar-refractivity contribution is 9.10. The summed E-state index contributed by atoms with van der Waals surface area (Å²) >= 11 is 3.33. The van der Waals surface area contributed by atoms with Gasteiger partial charge in [0.25, 0.3) is 0 Å². The third-order valence-corrected chi connectivity index (χ3v) is 2.92. The van der Waals surface area contributed by atoms with E-state index in [2.05, 4.69) is 15.9 Å². The van der Waals surface area contributed by atoms with Gasteiger partial charge in [0.1, 0.15) is 0 Å². The SMILES string of the molecule is O=C(O)[C@H]1CN(Cc2cccc(Br)c2)C(=O)O1. The number of aliphatic carboxylic acids is 1. The van der Waals surface area contributed by atoms with Crippen molar-refractivity contribution in [2.45, 2.75) is 12.6 Å². The molecule has 0 spiro atoms. The fraction of sp³-hybridized carbons (Fsp3) is 0.273. The molecule has 1 aliphatic heterocycles. The molecule has 0 aliphatic carbocycles. The number of hydrogen-bond donors (Lipinski definition) is 1. The van der Waals surface area contributed by atoms with Gasteiger partial charge in [-0.3, -0.25) is 4.90 Å². The molecule has 1 amide bonds. The Kier molecular flexibility index (Phi) is 3.33. The van der Waals surface area contributed by atoms with Crippen molar-refractivity contribution < 1.29 is 19.4 Å². The van der Waals surface area contributed by atoms with Crippen LogP contribution in [0.15, 0.2) is 28.7 Å². The van der Waals surface area contributed by atoms with Gasteiger partial charge in [0.2, 0.25) is 6.10 Å². The molecular formula is C11H10BrNO4. The number of ether oxygens (including phenoxy) is 1. The van der Waals surface area contributed by atoms with Crippen molar-refractivity contribution in [2.24, 2.45) is 0 Å². The van der Waals surface area contributed by atoms with Gasteiger partial charge < -0.3 is 9.84 Å². The summed E-state index contributed by atoms with van der Waals surface area (Å²) in [7, 11) is 0. The second-order valence-corrected chi connectivity index (χ2v) is 4.64. The third-order valence-electron chi connectivity index (χ3n) is 2.43. The molecule has 17 heavy (non-hydrogen) atoms. The lowest BCUT2D eigenvalue weighted by atomic mass is 10.2. The van der Waals surface area contributed by atoms with E-state index in [0.29, 0.717) is 6.54 Å². The number of benzene rings is 1. The highest BCUT2D eigenvalue weighted by Gasteiger charge is 2.35. The summed E-state index contributed by atoms with van der Waals surface area (Å²) < 4.78 is 5.63. The van der Waals surface area contributed by atoms with Gasteiger partial charge in [0.15, 0.2) is 0 Å². The van der Waals surface area contributed by atoms with Gasteiger partial charge in [-0.1, -0.05) is 28.1 Å². The predicted octanol–water partition coefficient (Wildman–Crippen LogP) is 1.85. The van der Waals surface area contributed by atoms with E-state index in [1.807, 2.05) is 24.3 Å². The summed E-state index contributed by atoms with van der Waals surface area (Å²) in [5.41, 5.74) is 0.919. The number of halogens is 1. The van der Waals surface area contributed by atoms with Crippen LogP contribution in [-0.4, -0.2) is 34.7 Å². The predicted molar refractivity (Wildman–Crippen MR) is 62.5 cm³/mol. The zero-order valence-corrected chi connectivity index (χ0v) is 10.4. The first-order valence-corrected chi connectivity index (χ1v) is 5.78. The van der Waals surface area contributed by atoms with Crippen LogP contribution in [0.4, 0.5) is 4.79 Å². The van der Waals surface area contributed by atoms with Gasteiger partial charge >= 0.3 is 12.1 Å². The first kappa shape index (κ1) is 11.9. The third kappa shape index (κ3) is 2.76. The Morgan fingerprint density at radius 3 is 2.94 bits per heavy atom. The zero-order chi connectivity index (χ0) is 12.4. The second-order valence-electron chi connectivity index (χ2n) is 3.72. The smallest absolute Gasteiger partial charge is 0.411 e. The van der Waals surface area contributed by atoms with E-state index in [-0.39, 0.29) is 6.54 Å². The fourth-order valence-electron chi connectivity index (χ4n) is 1.62. The highest BCUT2D eigenvalue weighted by Crippen LogP contribution is 2.17. The van der Waals surface area contributed by atoms with Crippen molar-refractivity contribution in [1.82, 2.24) is 4.90 Å². The molecule has 1 N–H and O–H groups in total. The number of amides is 1. The van der Waals surface area contributed by atoms with Gasteiger partial charge in [-0.2, -0.15) is 0 Å². The molecule has 90 valence electrons. The summed E-state index contributed by atoms with van der Waals surface area (Å²) in [5.74, 6) is -1.12. The minimum Gasteiger partial charge on any atom is -0.478 e. The number of nitrogens with zero attached hydrogens (tertiary/aromatic N) is 1. The number of carboxylic acid groups (broad SMARTS) is 1. The van der Waals surface area contributed by atoms with Crippen LogP contribution in [0.3, 0.4) is 0 Å². The van der Waals surface area contributed by atoms with E-state index in [4.69, 9.17) is 9.84 Å². The molecule has 5 nitrogen and oxygen atoms in total. The molecule has 1 heterocycles. The van der Waals surface area contributed by atoms with Gasteiger partial charge in [0.05, 0.1) is 6.54 Å². The lowest BCUT2D eigenvalue weighted by Gasteiger charge is -2.12. The molecule has 1 fully saturated rings. The maximum atomic E-state index is 11.4.